The number of carbonyl (C=O) groups is 1. The molecule has 1 heterocycles. The number of nitrogens with zero attached hydrogens (tertiary/aromatic N) is 2. The zero-order chi connectivity index (χ0) is 17.3. The molecule has 0 saturated heterocycles. The van der Waals surface area contributed by atoms with E-state index in [2.05, 4.69) is 21.0 Å². The maximum atomic E-state index is 11.3. The van der Waals surface area contributed by atoms with Gasteiger partial charge in [-0.2, -0.15) is 5.10 Å². The maximum absolute atomic E-state index is 11.3. The van der Waals surface area contributed by atoms with Gasteiger partial charge < -0.3 is 5.11 Å². The third-order valence-corrected chi connectivity index (χ3v) is 4.60. The summed E-state index contributed by atoms with van der Waals surface area (Å²) in [4.78, 5) is 11.3. The van der Waals surface area contributed by atoms with E-state index in [4.69, 9.17) is 23.2 Å². The largest absolute Gasteiger partial charge is 0.476 e. The summed E-state index contributed by atoms with van der Waals surface area (Å²) in [7, 11) is 0. The maximum Gasteiger partial charge on any atom is 0.356 e. The van der Waals surface area contributed by atoms with Crippen molar-refractivity contribution >= 4 is 45.1 Å². The first-order valence-electron chi connectivity index (χ1n) is 6.95. The molecule has 0 bridgehead atoms. The summed E-state index contributed by atoms with van der Waals surface area (Å²) in [6.07, 6.45) is 0. The van der Waals surface area contributed by atoms with Crippen LogP contribution in [-0.4, -0.2) is 20.9 Å². The van der Waals surface area contributed by atoms with Crippen molar-refractivity contribution in [1.82, 2.24) is 9.78 Å². The van der Waals surface area contributed by atoms with Gasteiger partial charge in [0.1, 0.15) is 0 Å². The second-order valence-electron chi connectivity index (χ2n) is 5.12. The highest BCUT2D eigenvalue weighted by molar-refractivity contribution is 9.10. The van der Waals surface area contributed by atoms with Crippen LogP contribution < -0.4 is 0 Å². The summed E-state index contributed by atoms with van der Waals surface area (Å²) >= 11 is 15.6. The molecule has 3 aromatic rings. The smallest absolute Gasteiger partial charge is 0.356 e. The Morgan fingerprint density at radius 1 is 1.12 bits per heavy atom. The fraction of sp³-hybridized carbons (Fsp3) is 0.0588. The summed E-state index contributed by atoms with van der Waals surface area (Å²) < 4.78 is 2.55. The van der Waals surface area contributed by atoms with Crippen LogP contribution in [0.25, 0.3) is 11.3 Å². The highest BCUT2D eigenvalue weighted by Crippen LogP contribution is 2.26. The van der Waals surface area contributed by atoms with Gasteiger partial charge in [0.15, 0.2) is 5.69 Å². The summed E-state index contributed by atoms with van der Waals surface area (Å²) in [5.41, 5.74) is 2.29. The summed E-state index contributed by atoms with van der Waals surface area (Å²) in [5.74, 6) is -1.08. The zero-order valence-corrected chi connectivity index (χ0v) is 15.3. The highest BCUT2D eigenvalue weighted by atomic mass is 79.9. The number of carboxylic acids is 1. The first-order valence-corrected chi connectivity index (χ1v) is 8.50. The van der Waals surface area contributed by atoms with Crippen molar-refractivity contribution in [3.63, 3.8) is 0 Å². The van der Waals surface area contributed by atoms with Crippen molar-refractivity contribution in [2.45, 2.75) is 6.54 Å². The van der Waals surface area contributed by atoms with Crippen molar-refractivity contribution in [1.29, 1.82) is 0 Å². The van der Waals surface area contributed by atoms with Crippen LogP contribution >= 0.6 is 39.1 Å². The number of aromatic carboxylic acids is 1. The lowest BCUT2D eigenvalue weighted by molar-refractivity contribution is 0.0689. The fourth-order valence-corrected chi connectivity index (χ4v) is 2.96. The number of halogens is 3. The molecule has 4 nitrogen and oxygen atoms in total. The summed E-state index contributed by atoms with van der Waals surface area (Å²) in [5, 5.41) is 14.5. The van der Waals surface area contributed by atoms with E-state index in [-0.39, 0.29) is 5.69 Å². The van der Waals surface area contributed by atoms with E-state index < -0.39 is 5.97 Å². The van der Waals surface area contributed by atoms with E-state index in [1.165, 1.54) is 0 Å². The van der Waals surface area contributed by atoms with E-state index >= 15 is 0 Å². The number of rotatable bonds is 4. The Bertz CT molecular complexity index is 907. The first kappa shape index (κ1) is 17.0. The van der Waals surface area contributed by atoms with Crippen LogP contribution in [0.4, 0.5) is 0 Å². The number of benzene rings is 2. The normalized spacial score (nSPS) is 10.8. The van der Waals surface area contributed by atoms with Gasteiger partial charge in [-0.1, -0.05) is 51.3 Å². The predicted octanol–water partition coefficient (Wildman–Crippen LogP) is 5.37. The fourth-order valence-electron chi connectivity index (χ4n) is 2.32. The molecule has 3 rings (SSSR count). The van der Waals surface area contributed by atoms with Crippen LogP contribution in [0.1, 0.15) is 16.1 Å². The molecular weight excluding hydrogens is 415 g/mol. The molecule has 0 aliphatic heterocycles. The number of aromatic nitrogens is 2. The molecule has 0 atom stereocenters. The van der Waals surface area contributed by atoms with Crippen molar-refractivity contribution < 1.29 is 9.90 Å². The second-order valence-corrected chi connectivity index (χ2v) is 6.88. The topological polar surface area (TPSA) is 55.1 Å². The lowest BCUT2D eigenvalue weighted by Gasteiger charge is -2.10. The van der Waals surface area contributed by atoms with E-state index in [0.717, 1.165) is 15.6 Å². The van der Waals surface area contributed by atoms with E-state index in [9.17, 15) is 9.90 Å². The molecule has 0 radical (unpaired) electrons. The van der Waals surface area contributed by atoms with Gasteiger partial charge in [0.25, 0.3) is 0 Å². The van der Waals surface area contributed by atoms with Crippen LogP contribution in [0.2, 0.25) is 10.0 Å². The van der Waals surface area contributed by atoms with Crippen molar-refractivity contribution in [3.05, 3.63) is 74.3 Å². The standard InChI is InChI=1S/C17H11BrCl2N2O2/c18-12-3-1-10(2-4-12)16-8-15(17(23)24)21-22(16)9-11-7-13(19)5-6-14(11)20/h1-8H,9H2,(H,23,24). The molecule has 0 amide bonds. The van der Waals surface area contributed by atoms with Gasteiger partial charge in [-0.25, -0.2) is 4.79 Å². The molecule has 0 unspecified atom stereocenters. The monoisotopic (exact) mass is 424 g/mol. The van der Waals surface area contributed by atoms with Crippen LogP contribution in [0.15, 0.2) is 53.0 Å². The quantitative estimate of drug-likeness (QED) is 0.611. The average Bonchev–Trinajstić information content (AvgIpc) is 2.96. The van der Waals surface area contributed by atoms with Gasteiger partial charge in [-0.05, 0) is 47.5 Å². The molecule has 2 aromatic carbocycles. The van der Waals surface area contributed by atoms with E-state index in [1.54, 1.807) is 28.9 Å². The third-order valence-electron chi connectivity index (χ3n) is 3.47. The molecule has 0 saturated carbocycles. The summed E-state index contributed by atoms with van der Waals surface area (Å²) in [6, 6.07) is 14.3. The molecule has 24 heavy (non-hydrogen) atoms. The zero-order valence-electron chi connectivity index (χ0n) is 12.2. The van der Waals surface area contributed by atoms with E-state index in [0.29, 0.717) is 22.3 Å². The molecule has 7 heteroatoms. The summed E-state index contributed by atoms with van der Waals surface area (Å²) in [6.45, 7) is 0.318. The Morgan fingerprint density at radius 2 is 1.83 bits per heavy atom. The molecule has 0 fully saturated rings. The third kappa shape index (κ3) is 3.64. The SMILES string of the molecule is O=C(O)c1cc(-c2ccc(Br)cc2)n(Cc2cc(Cl)ccc2Cl)n1. The number of hydrogen-bond donors (Lipinski definition) is 1. The number of hydrogen-bond acceptors (Lipinski definition) is 2. The van der Waals surface area contributed by atoms with Crippen molar-refractivity contribution in [2.75, 3.05) is 0 Å². The first-order chi connectivity index (χ1) is 11.4. The average molecular weight is 426 g/mol. The predicted molar refractivity (Wildman–Crippen MR) is 97.9 cm³/mol. The van der Waals surface area contributed by atoms with Crippen LogP contribution in [0.5, 0.6) is 0 Å². The molecule has 1 N–H and O–H groups in total. The van der Waals surface area contributed by atoms with Gasteiger partial charge in [-0.3, -0.25) is 4.68 Å². The molecule has 0 spiro atoms. The Hall–Kier alpha value is -1.82. The van der Waals surface area contributed by atoms with Crippen molar-refractivity contribution in [2.24, 2.45) is 0 Å². The van der Waals surface area contributed by atoms with Crippen LogP contribution in [-0.2, 0) is 6.54 Å². The minimum Gasteiger partial charge on any atom is -0.476 e. The molecular formula is C17H11BrCl2N2O2. The van der Waals surface area contributed by atoms with Gasteiger partial charge in [0.2, 0.25) is 0 Å². The van der Waals surface area contributed by atoms with Gasteiger partial charge in [0, 0.05) is 14.5 Å². The molecule has 1 aromatic heterocycles. The van der Waals surface area contributed by atoms with Gasteiger partial charge >= 0.3 is 5.97 Å². The molecule has 0 aliphatic carbocycles. The van der Waals surface area contributed by atoms with Crippen LogP contribution in [0.3, 0.4) is 0 Å². The molecule has 0 aliphatic rings. The Morgan fingerprint density at radius 3 is 2.50 bits per heavy atom. The van der Waals surface area contributed by atoms with Crippen LogP contribution in [0, 0.1) is 0 Å². The van der Waals surface area contributed by atoms with Crippen molar-refractivity contribution in [3.8, 4) is 11.3 Å². The minimum absolute atomic E-state index is 0.0222. The Balaban J connectivity index is 2.07. The highest BCUT2D eigenvalue weighted by Gasteiger charge is 2.16. The lowest BCUT2D eigenvalue weighted by atomic mass is 10.1. The Kier molecular flexibility index (Phi) is 4.94. The minimum atomic E-state index is -1.08. The molecule has 122 valence electrons. The van der Waals surface area contributed by atoms with Gasteiger partial charge in [0.05, 0.1) is 12.2 Å². The lowest BCUT2D eigenvalue weighted by Crippen LogP contribution is -2.06. The van der Waals surface area contributed by atoms with E-state index in [1.807, 2.05) is 24.3 Å². The second kappa shape index (κ2) is 6.97. The Labute approximate surface area is 156 Å². The number of carboxylic acid groups (broad SMARTS) is 1. The van der Waals surface area contributed by atoms with Gasteiger partial charge in [-0.15, -0.1) is 0 Å².